The van der Waals surface area contributed by atoms with Crippen LogP contribution >= 0.6 is 0 Å². The summed E-state index contributed by atoms with van der Waals surface area (Å²) in [4.78, 5) is 20.3. The Morgan fingerprint density at radius 1 is 0.236 bits per heavy atom. The Hall–Kier alpha value is -9.38. The lowest BCUT2D eigenvalue weighted by Gasteiger charge is -2.31. The zero-order valence-electron chi connectivity index (χ0n) is 38.9. The molecule has 0 amide bonds. The smallest absolute Gasteiger partial charge is 0.0973 e. The van der Waals surface area contributed by atoms with Crippen LogP contribution in [0.4, 0.5) is 0 Å². The lowest BCUT2D eigenvalue weighted by molar-refractivity contribution is 0.794. The fraction of sp³-hybridized carbons (Fsp3) is 0.0294. The number of aromatic nitrogens is 4. The van der Waals surface area contributed by atoms with Crippen LogP contribution in [-0.2, 0) is 10.8 Å². The van der Waals surface area contributed by atoms with Crippen LogP contribution in [0, 0.1) is 0 Å². The monoisotopic (exact) mass is 912 g/mol. The third kappa shape index (κ3) is 5.10. The molecule has 0 saturated heterocycles. The first-order valence-corrected chi connectivity index (χ1v) is 24.8. The topological polar surface area (TPSA) is 51.6 Å². The van der Waals surface area contributed by atoms with E-state index in [4.69, 9.17) is 9.97 Å². The molecule has 0 saturated carbocycles. The third-order valence-electron chi connectivity index (χ3n) is 16.3. The maximum atomic E-state index is 5.62. The van der Waals surface area contributed by atoms with Gasteiger partial charge in [0.2, 0.25) is 0 Å². The van der Waals surface area contributed by atoms with Crippen LogP contribution in [0.2, 0.25) is 0 Å². The molecule has 0 aliphatic heterocycles. The number of hydrogen-bond acceptors (Lipinski definition) is 4. The summed E-state index contributed by atoms with van der Waals surface area (Å²) in [6, 6.07) is 80.8. The molecule has 4 nitrogen and oxygen atoms in total. The van der Waals surface area contributed by atoms with Gasteiger partial charge in [0.25, 0.3) is 0 Å². The number of para-hydroxylation sites is 2. The number of pyridine rings is 2. The molecule has 4 aliphatic carbocycles. The second kappa shape index (κ2) is 14.6. The maximum absolute atomic E-state index is 5.62. The number of benzene rings is 9. The van der Waals surface area contributed by atoms with Gasteiger partial charge in [-0.25, -0.2) is 9.97 Å². The van der Waals surface area contributed by atoms with Crippen LogP contribution in [0.5, 0.6) is 0 Å². The van der Waals surface area contributed by atoms with Crippen molar-refractivity contribution in [2.45, 2.75) is 10.8 Å². The Balaban J connectivity index is 0.946. The van der Waals surface area contributed by atoms with Crippen LogP contribution in [0.25, 0.3) is 100 Å². The minimum atomic E-state index is -0.569. The molecule has 2 spiro atoms. The van der Waals surface area contributed by atoms with Gasteiger partial charge in [-0.1, -0.05) is 170 Å². The predicted octanol–water partition coefficient (Wildman–Crippen LogP) is 15.8. The second-order valence-electron chi connectivity index (χ2n) is 19.6. The average Bonchev–Trinajstić information content (AvgIpc) is 4.14. The normalized spacial score (nSPS) is 14.1. The standard InChI is InChI=1S/C68H40N4/c1-5-19-55-47(15-1)48-16-2-6-20-56(48)67(55)59-35-41(45-13-11-33-69-39-45)25-29-51(59)53-31-27-43(37-61(53)67)65-66(72-64-24-10-9-23-63(64)71-65)44-28-32-54-52-30-26-42(46-14-12-34-70-40-46)36-60(52)68(62(54)38-44)57-21-7-3-17-49(57)50-18-4-8-22-58(50)68/h1-40H. The van der Waals surface area contributed by atoms with Crippen molar-refractivity contribution in [1.29, 1.82) is 0 Å². The molecule has 4 heteroatoms. The van der Waals surface area contributed by atoms with E-state index in [2.05, 4.69) is 216 Å². The average molecular weight is 913 g/mol. The number of hydrogen-bond donors (Lipinski definition) is 0. The first-order valence-electron chi connectivity index (χ1n) is 24.8. The Kier molecular flexibility index (Phi) is 7.99. The highest BCUT2D eigenvalue weighted by Gasteiger charge is 2.53. The van der Waals surface area contributed by atoms with Crippen molar-refractivity contribution < 1.29 is 0 Å². The highest BCUT2D eigenvalue weighted by atomic mass is 14.8. The number of rotatable bonds is 4. The molecule has 72 heavy (non-hydrogen) atoms. The summed E-state index contributed by atoms with van der Waals surface area (Å²) in [5.74, 6) is 0. The van der Waals surface area contributed by atoms with Crippen molar-refractivity contribution >= 4 is 11.0 Å². The van der Waals surface area contributed by atoms with Gasteiger partial charge in [-0.3, -0.25) is 9.97 Å². The summed E-state index contributed by atoms with van der Waals surface area (Å²) in [5, 5.41) is 0. The van der Waals surface area contributed by atoms with Crippen molar-refractivity contribution in [3.8, 4) is 89.3 Å². The molecule has 0 unspecified atom stereocenters. The summed E-state index contributed by atoms with van der Waals surface area (Å²) in [7, 11) is 0. The van der Waals surface area contributed by atoms with Crippen LogP contribution < -0.4 is 0 Å². The molecule has 0 radical (unpaired) electrons. The molecule has 0 bridgehead atoms. The van der Waals surface area contributed by atoms with Gasteiger partial charge in [-0.2, -0.15) is 0 Å². The summed E-state index contributed by atoms with van der Waals surface area (Å²) in [5.41, 5.74) is 29.1. The van der Waals surface area contributed by atoms with Crippen molar-refractivity contribution in [1.82, 2.24) is 19.9 Å². The van der Waals surface area contributed by atoms with E-state index in [9.17, 15) is 0 Å². The molecule has 0 atom stereocenters. The van der Waals surface area contributed by atoms with Gasteiger partial charge in [0.1, 0.15) is 0 Å². The highest BCUT2D eigenvalue weighted by Crippen LogP contribution is 2.65. The zero-order valence-corrected chi connectivity index (χ0v) is 38.9. The molecular formula is C68H40N4. The quantitative estimate of drug-likeness (QED) is 0.177. The summed E-state index contributed by atoms with van der Waals surface area (Å²) >= 11 is 0. The highest BCUT2D eigenvalue weighted by molar-refractivity contribution is 6.00. The van der Waals surface area contributed by atoms with E-state index in [1.807, 2.05) is 36.9 Å². The first kappa shape index (κ1) is 39.5. The molecular weight excluding hydrogens is 873 g/mol. The Morgan fingerprint density at radius 3 is 0.889 bits per heavy atom. The van der Waals surface area contributed by atoms with Gasteiger partial charge in [0.15, 0.2) is 0 Å². The van der Waals surface area contributed by atoms with Crippen molar-refractivity contribution in [3.05, 3.63) is 288 Å². The molecule has 4 aliphatic rings. The van der Waals surface area contributed by atoms with Gasteiger partial charge in [-0.15, -0.1) is 0 Å². The van der Waals surface area contributed by atoms with Crippen LogP contribution in [-0.4, -0.2) is 19.9 Å². The van der Waals surface area contributed by atoms with Gasteiger partial charge in [0.05, 0.1) is 33.3 Å². The number of nitrogens with zero attached hydrogens (tertiary/aromatic N) is 4. The van der Waals surface area contributed by atoms with Crippen molar-refractivity contribution in [3.63, 3.8) is 0 Å². The number of fused-ring (bicyclic) bond motifs is 21. The summed E-state index contributed by atoms with van der Waals surface area (Å²) in [6.07, 6.45) is 7.62. The van der Waals surface area contributed by atoms with Gasteiger partial charge >= 0.3 is 0 Å². The molecule has 0 N–H and O–H groups in total. The Bertz CT molecular complexity index is 3920. The fourth-order valence-electron chi connectivity index (χ4n) is 13.4. The molecule has 16 rings (SSSR count). The molecule has 332 valence electrons. The molecule has 12 aromatic rings. The van der Waals surface area contributed by atoms with Crippen LogP contribution in [0.1, 0.15) is 44.5 Å². The second-order valence-corrected chi connectivity index (χ2v) is 19.6. The zero-order chi connectivity index (χ0) is 47.1. The van der Waals surface area contributed by atoms with Gasteiger partial charge in [0, 0.05) is 35.9 Å². The maximum Gasteiger partial charge on any atom is 0.0973 e. The summed E-state index contributed by atoms with van der Waals surface area (Å²) in [6.45, 7) is 0. The molecule has 3 heterocycles. The SMILES string of the molecule is c1cncc(-c2ccc3c(c2)C2(c4ccccc4-c4ccccc42)c2cc(-c4nc5ccccc5nc4-c4ccc5c(c4)C4(c6ccccc6-c6ccccc64)c4cc(-c6cccnc6)ccc4-5)ccc2-3)c1. The lowest BCUT2D eigenvalue weighted by Crippen LogP contribution is -2.26. The van der Waals surface area contributed by atoms with E-state index in [-0.39, 0.29) is 0 Å². The van der Waals surface area contributed by atoms with E-state index < -0.39 is 10.8 Å². The van der Waals surface area contributed by atoms with Crippen molar-refractivity contribution in [2.75, 3.05) is 0 Å². The third-order valence-corrected chi connectivity index (χ3v) is 16.3. The minimum absolute atomic E-state index is 0.569. The predicted molar refractivity (Wildman–Crippen MR) is 289 cm³/mol. The van der Waals surface area contributed by atoms with E-state index in [0.717, 1.165) is 55.8 Å². The van der Waals surface area contributed by atoms with E-state index in [1.54, 1.807) is 0 Å². The summed E-state index contributed by atoms with van der Waals surface area (Å²) < 4.78 is 0. The van der Waals surface area contributed by atoms with Crippen LogP contribution in [0.15, 0.2) is 243 Å². The fourth-order valence-corrected chi connectivity index (χ4v) is 13.4. The van der Waals surface area contributed by atoms with Crippen molar-refractivity contribution in [2.24, 2.45) is 0 Å². The Morgan fingerprint density at radius 2 is 0.542 bits per heavy atom. The Labute approximate surface area is 416 Å². The minimum Gasteiger partial charge on any atom is -0.264 e. The molecule has 3 aromatic heterocycles. The van der Waals surface area contributed by atoms with E-state index >= 15 is 0 Å². The van der Waals surface area contributed by atoms with E-state index in [0.29, 0.717) is 0 Å². The molecule has 0 fully saturated rings. The van der Waals surface area contributed by atoms with Gasteiger partial charge in [-0.05, 0) is 160 Å². The first-order chi connectivity index (χ1) is 35.7. The van der Waals surface area contributed by atoms with E-state index in [1.165, 1.54) is 89.0 Å². The van der Waals surface area contributed by atoms with Crippen LogP contribution in [0.3, 0.4) is 0 Å². The lowest BCUT2D eigenvalue weighted by atomic mass is 9.70. The molecule has 9 aromatic carbocycles. The van der Waals surface area contributed by atoms with Gasteiger partial charge < -0.3 is 0 Å². The largest absolute Gasteiger partial charge is 0.264 e.